The quantitative estimate of drug-likeness (QED) is 0.791. The molecule has 15 heavy (non-hydrogen) atoms. The smallest absolute Gasteiger partial charge is 0.0370 e. The molecule has 1 nitrogen and oxygen atoms in total. The van der Waals surface area contributed by atoms with E-state index in [9.17, 15) is 0 Å². The molecule has 0 saturated heterocycles. The SMILES string of the molecule is CCCC(C)CNc1ccc(I)cc1C. The fourth-order valence-electron chi connectivity index (χ4n) is 1.70. The molecular weight excluding hydrogens is 297 g/mol. The molecule has 1 unspecified atom stereocenters. The summed E-state index contributed by atoms with van der Waals surface area (Å²) in [5.74, 6) is 0.758. The highest BCUT2D eigenvalue weighted by molar-refractivity contribution is 14.1. The molecule has 0 aliphatic heterocycles. The molecule has 1 aromatic rings. The summed E-state index contributed by atoms with van der Waals surface area (Å²) in [6.07, 6.45) is 2.57. The van der Waals surface area contributed by atoms with Crippen LogP contribution in [0.5, 0.6) is 0 Å². The van der Waals surface area contributed by atoms with Gasteiger partial charge in [-0.3, -0.25) is 0 Å². The summed E-state index contributed by atoms with van der Waals surface area (Å²) >= 11 is 2.35. The minimum absolute atomic E-state index is 0.758. The Morgan fingerprint density at radius 3 is 2.73 bits per heavy atom. The first-order valence-electron chi connectivity index (χ1n) is 5.63. The van der Waals surface area contributed by atoms with E-state index in [2.05, 4.69) is 66.9 Å². The van der Waals surface area contributed by atoms with Gasteiger partial charge in [0, 0.05) is 15.8 Å². The zero-order valence-corrected chi connectivity index (χ0v) is 12.0. The molecule has 0 aliphatic carbocycles. The fraction of sp³-hybridized carbons (Fsp3) is 0.538. The van der Waals surface area contributed by atoms with E-state index < -0.39 is 0 Å². The van der Waals surface area contributed by atoms with Crippen molar-refractivity contribution in [2.75, 3.05) is 11.9 Å². The Morgan fingerprint density at radius 2 is 2.13 bits per heavy atom. The van der Waals surface area contributed by atoms with Gasteiger partial charge in [0.15, 0.2) is 0 Å². The maximum absolute atomic E-state index is 3.52. The number of hydrogen-bond donors (Lipinski definition) is 1. The maximum Gasteiger partial charge on any atom is 0.0370 e. The van der Waals surface area contributed by atoms with Gasteiger partial charge in [-0.1, -0.05) is 20.3 Å². The molecule has 2 heteroatoms. The lowest BCUT2D eigenvalue weighted by molar-refractivity contribution is 0.550. The Labute approximate surface area is 107 Å². The molecule has 0 heterocycles. The van der Waals surface area contributed by atoms with E-state index in [1.54, 1.807) is 0 Å². The summed E-state index contributed by atoms with van der Waals surface area (Å²) in [5.41, 5.74) is 2.61. The molecule has 1 aromatic carbocycles. The van der Waals surface area contributed by atoms with Gasteiger partial charge in [0.25, 0.3) is 0 Å². The Hall–Kier alpha value is -0.250. The van der Waals surface area contributed by atoms with Gasteiger partial charge in [-0.2, -0.15) is 0 Å². The van der Waals surface area contributed by atoms with Crippen molar-refractivity contribution in [1.82, 2.24) is 0 Å². The lowest BCUT2D eigenvalue weighted by Gasteiger charge is -2.14. The zero-order chi connectivity index (χ0) is 11.3. The first kappa shape index (κ1) is 12.8. The van der Waals surface area contributed by atoms with E-state index in [0.717, 1.165) is 12.5 Å². The largest absolute Gasteiger partial charge is 0.385 e. The van der Waals surface area contributed by atoms with Gasteiger partial charge in [-0.15, -0.1) is 0 Å². The van der Waals surface area contributed by atoms with Gasteiger partial charge in [0.2, 0.25) is 0 Å². The number of anilines is 1. The third kappa shape index (κ3) is 4.41. The van der Waals surface area contributed by atoms with Gasteiger partial charge in [-0.05, 0) is 65.6 Å². The number of halogens is 1. The van der Waals surface area contributed by atoms with Crippen molar-refractivity contribution < 1.29 is 0 Å². The lowest BCUT2D eigenvalue weighted by Crippen LogP contribution is -2.11. The van der Waals surface area contributed by atoms with Crippen LogP contribution in [0.15, 0.2) is 18.2 Å². The Bertz CT molecular complexity index is 309. The first-order valence-corrected chi connectivity index (χ1v) is 6.71. The van der Waals surface area contributed by atoms with Crippen LogP contribution >= 0.6 is 22.6 Å². The van der Waals surface area contributed by atoms with Crippen molar-refractivity contribution in [3.63, 3.8) is 0 Å². The minimum atomic E-state index is 0.758. The summed E-state index contributed by atoms with van der Waals surface area (Å²) in [6, 6.07) is 6.55. The van der Waals surface area contributed by atoms with Crippen LogP contribution in [0.1, 0.15) is 32.3 Å². The van der Waals surface area contributed by atoms with Crippen molar-refractivity contribution in [3.05, 3.63) is 27.3 Å². The van der Waals surface area contributed by atoms with Gasteiger partial charge in [0.05, 0.1) is 0 Å². The van der Waals surface area contributed by atoms with E-state index >= 15 is 0 Å². The zero-order valence-electron chi connectivity index (χ0n) is 9.81. The van der Waals surface area contributed by atoms with E-state index in [0.29, 0.717) is 0 Å². The third-order valence-electron chi connectivity index (χ3n) is 2.61. The van der Waals surface area contributed by atoms with Gasteiger partial charge < -0.3 is 5.32 Å². The van der Waals surface area contributed by atoms with Crippen molar-refractivity contribution in [1.29, 1.82) is 0 Å². The molecule has 0 saturated carbocycles. The predicted octanol–water partition coefficient (Wildman–Crippen LogP) is 4.45. The summed E-state index contributed by atoms with van der Waals surface area (Å²) in [5, 5.41) is 3.52. The van der Waals surface area contributed by atoms with Crippen LogP contribution in [-0.4, -0.2) is 6.54 Å². The maximum atomic E-state index is 3.52. The topological polar surface area (TPSA) is 12.0 Å². The van der Waals surface area contributed by atoms with Crippen molar-refractivity contribution in [3.8, 4) is 0 Å². The lowest BCUT2D eigenvalue weighted by atomic mass is 10.1. The van der Waals surface area contributed by atoms with Gasteiger partial charge in [-0.25, -0.2) is 0 Å². The van der Waals surface area contributed by atoms with Crippen molar-refractivity contribution >= 4 is 28.3 Å². The number of hydrogen-bond acceptors (Lipinski definition) is 1. The Morgan fingerprint density at radius 1 is 1.40 bits per heavy atom. The van der Waals surface area contributed by atoms with Crippen LogP contribution in [0, 0.1) is 16.4 Å². The number of nitrogens with one attached hydrogen (secondary N) is 1. The van der Waals surface area contributed by atoms with Crippen LogP contribution < -0.4 is 5.32 Å². The Kier molecular flexibility index (Phi) is 5.43. The molecule has 0 bridgehead atoms. The highest BCUT2D eigenvalue weighted by atomic mass is 127. The van der Waals surface area contributed by atoms with Gasteiger partial charge >= 0.3 is 0 Å². The number of rotatable bonds is 5. The molecular formula is C13H20IN. The molecule has 0 spiro atoms. The second-order valence-electron chi connectivity index (χ2n) is 4.23. The van der Waals surface area contributed by atoms with Crippen LogP contribution in [0.2, 0.25) is 0 Å². The molecule has 0 aromatic heterocycles. The van der Waals surface area contributed by atoms with E-state index in [4.69, 9.17) is 0 Å². The second-order valence-corrected chi connectivity index (χ2v) is 5.48. The first-order chi connectivity index (χ1) is 7.13. The third-order valence-corrected chi connectivity index (χ3v) is 3.28. The molecule has 1 N–H and O–H groups in total. The molecule has 1 rings (SSSR count). The molecule has 0 radical (unpaired) electrons. The molecule has 0 aliphatic rings. The highest BCUT2D eigenvalue weighted by Crippen LogP contribution is 2.18. The molecule has 1 atom stereocenters. The van der Waals surface area contributed by atoms with Crippen LogP contribution in [0.4, 0.5) is 5.69 Å². The van der Waals surface area contributed by atoms with Gasteiger partial charge in [0.1, 0.15) is 0 Å². The average Bonchev–Trinajstić information content (AvgIpc) is 2.17. The summed E-state index contributed by atoms with van der Waals surface area (Å²) < 4.78 is 1.30. The predicted molar refractivity (Wildman–Crippen MR) is 76.5 cm³/mol. The normalized spacial score (nSPS) is 12.5. The van der Waals surface area contributed by atoms with E-state index in [-0.39, 0.29) is 0 Å². The van der Waals surface area contributed by atoms with Crippen molar-refractivity contribution in [2.45, 2.75) is 33.6 Å². The second kappa shape index (κ2) is 6.36. The summed E-state index contributed by atoms with van der Waals surface area (Å²) in [6.45, 7) is 7.79. The van der Waals surface area contributed by atoms with E-state index in [1.807, 2.05) is 0 Å². The number of benzene rings is 1. The highest BCUT2D eigenvalue weighted by Gasteiger charge is 2.02. The van der Waals surface area contributed by atoms with Crippen LogP contribution in [-0.2, 0) is 0 Å². The monoisotopic (exact) mass is 317 g/mol. The minimum Gasteiger partial charge on any atom is -0.385 e. The molecule has 84 valence electrons. The fourth-order valence-corrected chi connectivity index (χ4v) is 2.35. The summed E-state index contributed by atoms with van der Waals surface area (Å²) in [4.78, 5) is 0. The Balaban J connectivity index is 2.50. The average molecular weight is 317 g/mol. The molecule has 0 fully saturated rings. The van der Waals surface area contributed by atoms with Crippen molar-refractivity contribution in [2.24, 2.45) is 5.92 Å². The standard InChI is InChI=1S/C13H20IN/c1-4-5-10(2)9-15-13-7-6-12(14)8-11(13)3/h6-8,10,15H,4-5,9H2,1-3H3. The summed E-state index contributed by atoms with van der Waals surface area (Å²) in [7, 11) is 0. The van der Waals surface area contributed by atoms with E-state index in [1.165, 1.54) is 27.7 Å². The molecule has 0 amide bonds. The van der Waals surface area contributed by atoms with Crippen LogP contribution in [0.3, 0.4) is 0 Å². The van der Waals surface area contributed by atoms with Crippen LogP contribution in [0.25, 0.3) is 0 Å². The number of aryl methyl sites for hydroxylation is 1.